The zero-order valence-electron chi connectivity index (χ0n) is 26.4. The summed E-state index contributed by atoms with van der Waals surface area (Å²) in [7, 11) is 0. The van der Waals surface area contributed by atoms with Crippen LogP contribution in [0.5, 0.6) is 0 Å². The van der Waals surface area contributed by atoms with Gasteiger partial charge in [-0.05, 0) is 82.2 Å². The molecule has 13 heteroatoms. The Labute approximate surface area is 321 Å². The molecule has 0 bridgehead atoms. The number of halogens is 9. The fourth-order valence-corrected chi connectivity index (χ4v) is 6.38. The maximum atomic E-state index is 13.6. The van der Waals surface area contributed by atoms with Gasteiger partial charge in [-0.2, -0.15) is 26.3 Å². The molecule has 6 rings (SSSR count). The molecule has 2 atom stereocenters. The first-order valence-electron chi connectivity index (χ1n) is 15.6. The monoisotopic (exact) mass is 940 g/mol. The van der Waals surface area contributed by atoms with Gasteiger partial charge in [-0.15, -0.1) is 0 Å². The van der Waals surface area contributed by atoms with Crippen molar-refractivity contribution in [1.29, 1.82) is 0 Å². The average Bonchev–Trinajstić information content (AvgIpc) is 3.07. The van der Waals surface area contributed by atoms with Gasteiger partial charge in [0.15, 0.2) is 0 Å². The Kier molecular flexibility index (Phi) is 17.0. The second-order valence-corrected chi connectivity index (χ2v) is 14.7. The first kappa shape index (κ1) is 42.2. The number of piperazine rings is 2. The zero-order valence-corrected chi connectivity index (χ0v) is 31.8. The van der Waals surface area contributed by atoms with E-state index >= 15 is 0 Å². The summed E-state index contributed by atoms with van der Waals surface area (Å²) in [5.74, 6) is 0. The molecule has 2 saturated heterocycles. The lowest BCUT2D eigenvalue weighted by molar-refractivity contribution is -0.165. The second-order valence-electron chi connectivity index (χ2n) is 11.7. The fourth-order valence-electron chi connectivity index (χ4n) is 5.49. The minimum absolute atomic E-state index is 0. The van der Waals surface area contributed by atoms with Crippen molar-refractivity contribution < 1.29 is 26.3 Å². The molecule has 2 heterocycles. The third-order valence-corrected chi connectivity index (χ3v) is 9.73. The van der Waals surface area contributed by atoms with Crippen LogP contribution in [0.15, 0.2) is 118 Å². The lowest BCUT2D eigenvalue weighted by Gasteiger charge is -2.43. The highest BCUT2D eigenvalue weighted by atomic mass is 127. The molecule has 2 aliphatic rings. The molecule has 0 spiro atoms. The van der Waals surface area contributed by atoms with E-state index < -0.39 is 24.4 Å². The predicted octanol–water partition coefficient (Wildman–Crippen LogP) is 10.4. The number of nitrogens with one attached hydrogen (secondary N) is 1. The standard InChI is InChI=1S/C18H18BrF3N2.C12H15F3N2.C6H4BrI.CH4/c19-15-6-8-16(9-7-15)24-11-10-23(13-17(24)18(20,21)22)12-14-4-2-1-3-5-14;13-12(14,15)11-9-17(7-6-16-11)8-10-4-2-1-3-5-10;7-5-1-3-6(8)4-2-5;/h1-9,17H,10-13H2;1-5,11,16H,6-9H2;1-4H;1H4. The van der Waals surface area contributed by atoms with Crippen LogP contribution in [0.1, 0.15) is 18.6 Å². The lowest BCUT2D eigenvalue weighted by Crippen LogP contribution is -2.59. The molecule has 0 radical (unpaired) electrons. The molecule has 1 N–H and O–H groups in total. The summed E-state index contributed by atoms with van der Waals surface area (Å²) < 4.78 is 81.7. The molecule has 2 unspecified atom stereocenters. The molecule has 0 amide bonds. The summed E-state index contributed by atoms with van der Waals surface area (Å²) in [6.45, 7) is 3.14. The van der Waals surface area contributed by atoms with Crippen LogP contribution in [-0.2, 0) is 13.1 Å². The van der Waals surface area contributed by atoms with Crippen LogP contribution < -0.4 is 10.2 Å². The number of nitrogens with zero attached hydrogens (tertiary/aromatic N) is 3. The number of hydrogen-bond acceptors (Lipinski definition) is 4. The maximum absolute atomic E-state index is 13.6. The average molecular weight is 942 g/mol. The van der Waals surface area contributed by atoms with Gasteiger partial charge in [0.25, 0.3) is 0 Å². The van der Waals surface area contributed by atoms with Gasteiger partial charge in [-0.3, -0.25) is 9.80 Å². The van der Waals surface area contributed by atoms with Crippen LogP contribution in [0.25, 0.3) is 0 Å². The molecule has 2 aliphatic heterocycles. The molecule has 0 saturated carbocycles. The van der Waals surface area contributed by atoms with Crippen molar-refractivity contribution >= 4 is 60.1 Å². The lowest BCUT2D eigenvalue weighted by atomic mass is 10.1. The van der Waals surface area contributed by atoms with Crippen LogP contribution in [0, 0.1) is 3.57 Å². The van der Waals surface area contributed by atoms with Gasteiger partial charge in [-0.1, -0.05) is 100.0 Å². The highest BCUT2D eigenvalue weighted by molar-refractivity contribution is 14.1. The molecule has 2 fully saturated rings. The van der Waals surface area contributed by atoms with Crippen molar-refractivity contribution in [3.63, 3.8) is 0 Å². The van der Waals surface area contributed by atoms with Gasteiger partial charge < -0.3 is 10.2 Å². The first-order chi connectivity index (χ1) is 23.3. The second kappa shape index (κ2) is 20.2. The minimum Gasteiger partial charge on any atom is -0.357 e. The van der Waals surface area contributed by atoms with Crippen LogP contribution in [0.3, 0.4) is 0 Å². The summed E-state index contributed by atoms with van der Waals surface area (Å²) in [4.78, 5) is 5.18. The van der Waals surface area contributed by atoms with Crippen LogP contribution >= 0.6 is 54.5 Å². The largest absolute Gasteiger partial charge is 0.409 e. The van der Waals surface area contributed by atoms with Crippen molar-refractivity contribution in [3.05, 3.63) is 133 Å². The van der Waals surface area contributed by atoms with E-state index in [1.807, 2.05) is 82.6 Å². The van der Waals surface area contributed by atoms with E-state index in [4.69, 9.17) is 0 Å². The highest BCUT2D eigenvalue weighted by Crippen LogP contribution is 2.33. The van der Waals surface area contributed by atoms with E-state index in [0.29, 0.717) is 45.0 Å². The Morgan fingerprint density at radius 3 is 1.56 bits per heavy atom. The highest BCUT2D eigenvalue weighted by Gasteiger charge is 2.46. The van der Waals surface area contributed by atoms with Crippen molar-refractivity contribution in [3.8, 4) is 0 Å². The summed E-state index contributed by atoms with van der Waals surface area (Å²) in [5, 5.41) is 2.51. The van der Waals surface area contributed by atoms with Crippen LogP contribution in [0.2, 0.25) is 0 Å². The van der Waals surface area contributed by atoms with Crippen LogP contribution in [-0.4, -0.2) is 73.5 Å². The maximum Gasteiger partial charge on any atom is 0.409 e. The smallest absolute Gasteiger partial charge is 0.357 e. The number of alkyl halides is 6. The third-order valence-electron chi connectivity index (χ3n) is 7.96. The van der Waals surface area contributed by atoms with Crippen molar-refractivity contribution in [1.82, 2.24) is 15.1 Å². The van der Waals surface area contributed by atoms with E-state index in [1.165, 1.54) is 8.47 Å². The van der Waals surface area contributed by atoms with Crippen molar-refractivity contribution in [2.45, 2.75) is 45.0 Å². The number of rotatable bonds is 5. The summed E-state index contributed by atoms with van der Waals surface area (Å²) in [6, 6.07) is 31.5. The Morgan fingerprint density at radius 2 is 1.10 bits per heavy atom. The summed E-state index contributed by atoms with van der Waals surface area (Å²) >= 11 is 8.94. The minimum atomic E-state index is -4.26. The van der Waals surface area contributed by atoms with Gasteiger partial charge in [0.2, 0.25) is 0 Å². The topological polar surface area (TPSA) is 21.8 Å². The number of hydrogen-bond donors (Lipinski definition) is 1. The molecule has 4 aromatic rings. The number of anilines is 1. The van der Waals surface area contributed by atoms with Gasteiger partial charge >= 0.3 is 12.4 Å². The van der Waals surface area contributed by atoms with Gasteiger partial charge in [0.05, 0.1) is 0 Å². The Hall–Kier alpha value is -2.17. The SMILES string of the molecule is Brc1ccc(I)cc1.C.FC(F)(F)C1CN(Cc2ccccc2)CCN1.FC(F)(F)C1CN(Cc2ccccc2)CCN1c1ccc(Br)cc1. The molecular weight excluding hydrogens is 901 g/mol. The van der Waals surface area contributed by atoms with E-state index in [9.17, 15) is 26.3 Å². The molecule has 272 valence electrons. The molecule has 4 aromatic carbocycles. The Balaban J connectivity index is 0.000000226. The number of benzene rings is 4. The molecular formula is C37H41Br2F6IN4. The predicted molar refractivity (Wildman–Crippen MR) is 206 cm³/mol. The normalized spacial score (nSPS) is 18.5. The van der Waals surface area contributed by atoms with Gasteiger partial charge in [0.1, 0.15) is 12.1 Å². The molecule has 0 aromatic heterocycles. The van der Waals surface area contributed by atoms with Gasteiger partial charge in [-0.25, -0.2) is 0 Å². The first-order valence-corrected chi connectivity index (χ1v) is 18.3. The molecule has 50 heavy (non-hydrogen) atoms. The molecule has 0 aliphatic carbocycles. The van der Waals surface area contributed by atoms with Crippen molar-refractivity contribution in [2.24, 2.45) is 0 Å². The van der Waals surface area contributed by atoms with Gasteiger partial charge in [0, 0.05) is 70.6 Å². The summed E-state index contributed by atoms with van der Waals surface area (Å²) in [5.41, 5.74) is 2.70. The Bertz CT molecular complexity index is 1510. The van der Waals surface area contributed by atoms with E-state index in [0.717, 1.165) is 20.1 Å². The zero-order chi connectivity index (χ0) is 35.4. The molecule has 4 nitrogen and oxygen atoms in total. The third kappa shape index (κ3) is 14.1. The quantitative estimate of drug-likeness (QED) is 0.159. The van der Waals surface area contributed by atoms with Crippen molar-refractivity contribution in [2.75, 3.05) is 44.2 Å². The van der Waals surface area contributed by atoms with E-state index in [-0.39, 0.29) is 20.5 Å². The Morgan fingerprint density at radius 1 is 0.620 bits per heavy atom. The summed E-state index contributed by atoms with van der Waals surface area (Å²) in [6.07, 6.45) is -8.42. The van der Waals surface area contributed by atoms with Crippen LogP contribution in [0.4, 0.5) is 32.0 Å². The van der Waals surface area contributed by atoms with E-state index in [2.05, 4.69) is 71.9 Å². The van der Waals surface area contributed by atoms with E-state index in [1.54, 1.807) is 24.3 Å². The fraction of sp³-hybridized carbons (Fsp3) is 0.351.